The number of halogens is 1. The van der Waals surface area contributed by atoms with E-state index in [4.69, 9.17) is 4.74 Å². The van der Waals surface area contributed by atoms with Crippen LogP contribution in [-0.2, 0) is 6.61 Å². The van der Waals surface area contributed by atoms with E-state index in [-0.39, 0.29) is 5.82 Å². The molecule has 15 heavy (non-hydrogen) atoms. The minimum Gasteiger partial charge on any atom is -0.489 e. The number of benzene rings is 1. The fourth-order valence-corrected chi connectivity index (χ4v) is 1.22. The molecule has 1 aromatic heterocycles. The van der Waals surface area contributed by atoms with Gasteiger partial charge in [0.2, 0.25) is 0 Å². The van der Waals surface area contributed by atoms with Crippen LogP contribution in [0.15, 0.2) is 48.8 Å². The number of pyridine rings is 1. The molecule has 0 saturated heterocycles. The van der Waals surface area contributed by atoms with E-state index >= 15 is 0 Å². The summed E-state index contributed by atoms with van der Waals surface area (Å²) in [6.07, 6.45) is 2.76. The van der Waals surface area contributed by atoms with Gasteiger partial charge in [-0.15, -0.1) is 0 Å². The van der Waals surface area contributed by atoms with Gasteiger partial charge in [-0.05, 0) is 18.2 Å². The Morgan fingerprint density at radius 2 is 1.93 bits per heavy atom. The van der Waals surface area contributed by atoms with E-state index in [1.807, 2.05) is 30.3 Å². The number of nitrogens with zero attached hydrogens (tertiary/aromatic N) is 1. The standard InChI is InChI=1S/C12H10FNO/c13-11-6-10(7-14-8-11)9-15-12-4-2-1-3-5-12/h1-8H,9H2. The molecule has 0 fully saturated rings. The molecule has 0 atom stereocenters. The summed E-state index contributed by atoms with van der Waals surface area (Å²) in [5.41, 5.74) is 0.721. The van der Waals surface area contributed by atoms with E-state index in [0.717, 1.165) is 11.3 Å². The maximum atomic E-state index is 12.8. The summed E-state index contributed by atoms with van der Waals surface area (Å²) in [6, 6.07) is 10.8. The van der Waals surface area contributed by atoms with Gasteiger partial charge in [0.05, 0.1) is 6.20 Å². The Labute approximate surface area is 87.4 Å². The van der Waals surface area contributed by atoms with Gasteiger partial charge in [-0.2, -0.15) is 0 Å². The molecule has 0 bridgehead atoms. The highest BCUT2D eigenvalue weighted by molar-refractivity contribution is 5.21. The predicted octanol–water partition coefficient (Wildman–Crippen LogP) is 2.80. The van der Waals surface area contributed by atoms with Crippen molar-refractivity contribution < 1.29 is 9.13 Å². The molecule has 0 aliphatic heterocycles. The number of rotatable bonds is 3. The molecular formula is C12H10FNO. The summed E-state index contributed by atoms with van der Waals surface area (Å²) in [7, 11) is 0. The molecule has 1 heterocycles. The molecule has 0 saturated carbocycles. The highest BCUT2D eigenvalue weighted by atomic mass is 19.1. The van der Waals surface area contributed by atoms with Crippen LogP contribution in [-0.4, -0.2) is 4.98 Å². The summed E-state index contributed by atoms with van der Waals surface area (Å²) >= 11 is 0. The molecule has 76 valence electrons. The molecule has 2 rings (SSSR count). The van der Waals surface area contributed by atoms with Gasteiger partial charge >= 0.3 is 0 Å². The highest BCUT2D eigenvalue weighted by Crippen LogP contribution is 2.11. The number of para-hydroxylation sites is 1. The molecule has 0 N–H and O–H groups in total. The molecule has 0 unspecified atom stereocenters. The lowest BCUT2D eigenvalue weighted by Crippen LogP contribution is -1.96. The topological polar surface area (TPSA) is 22.1 Å². The maximum absolute atomic E-state index is 12.8. The zero-order chi connectivity index (χ0) is 10.5. The van der Waals surface area contributed by atoms with Crippen molar-refractivity contribution in [3.05, 3.63) is 60.2 Å². The largest absolute Gasteiger partial charge is 0.489 e. The summed E-state index contributed by atoms with van der Waals surface area (Å²) in [5.74, 6) is 0.422. The minimum absolute atomic E-state index is 0.328. The average Bonchev–Trinajstić information content (AvgIpc) is 2.28. The van der Waals surface area contributed by atoms with Gasteiger partial charge in [-0.1, -0.05) is 18.2 Å². The predicted molar refractivity (Wildman–Crippen MR) is 55.0 cm³/mol. The van der Waals surface area contributed by atoms with Crippen molar-refractivity contribution in [3.8, 4) is 5.75 Å². The third-order valence-corrected chi connectivity index (χ3v) is 1.91. The molecule has 2 aromatic rings. The fourth-order valence-electron chi connectivity index (χ4n) is 1.22. The zero-order valence-electron chi connectivity index (χ0n) is 8.06. The molecule has 0 amide bonds. The molecule has 0 radical (unpaired) electrons. The molecule has 0 aliphatic carbocycles. The van der Waals surface area contributed by atoms with E-state index in [2.05, 4.69) is 4.98 Å². The zero-order valence-corrected chi connectivity index (χ0v) is 8.06. The molecule has 2 nitrogen and oxygen atoms in total. The average molecular weight is 203 g/mol. The first-order chi connectivity index (χ1) is 7.34. The van der Waals surface area contributed by atoms with Crippen molar-refractivity contribution in [2.45, 2.75) is 6.61 Å². The van der Waals surface area contributed by atoms with Crippen LogP contribution in [0.3, 0.4) is 0 Å². The molecule has 1 aromatic carbocycles. The van der Waals surface area contributed by atoms with E-state index < -0.39 is 0 Å². The van der Waals surface area contributed by atoms with Crippen molar-refractivity contribution in [2.75, 3.05) is 0 Å². The lowest BCUT2D eigenvalue weighted by Gasteiger charge is -2.05. The van der Waals surface area contributed by atoms with Crippen molar-refractivity contribution in [1.29, 1.82) is 0 Å². The van der Waals surface area contributed by atoms with Gasteiger partial charge in [0.15, 0.2) is 0 Å². The van der Waals surface area contributed by atoms with Crippen LogP contribution in [0.5, 0.6) is 5.75 Å². The second-order valence-electron chi connectivity index (χ2n) is 3.11. The van der Waals surface area contributed by atoms with Crippen LogP contribution in [0, 0.1) is 5.82 Å². The Hall–Kier alpha value is -1.90. The molecule has 0 aliphatic rings. The first kappa shape index (κ1) is 9.65. The Morgan fingerprint density at radius 3 is 2.67 bits per heavy atom. The first-order valence-corrected chi connectivity index (χ1v) is 4.62. The van der Waals surface area contributed by atoms with E-state index in [1.165, 1.54) is 12.3 Å². The SMILES string of the molecule is Fc1cncc(COc2ccccc2)c1. The molecular weight excluding hydrogens is 193 g/mol. The Kier molecular flexibility index (Phi) is 2.93. The quantitative estimate of drug-likeness (QED) is 0.765. The Bertz CT molecular complexity index is 431. The smallest absolute Gasteiger partial charge is 0.141 e. The number of hydrogen-bond acceptors (Lipinski definition) is 2. The monoisotopic (exact) mass is 203 g/mol. The Balaban J connectivity index is 1.99. The third kappa shape index (κ3) is 2.77. The van der Waals surface area contributed by atoms with Gasteiger partial charge in [0.25, 0.3) is 0 Å². The van der Waals surface area contributed by atoms with Crippen LogP contribution < -0.4 is 4.74 Å². The van der Waals surface area contributed by atoms with Gasteiger partial charge in [0.1, 0.15) is 18.2 Å². The lowest BCUT2D eigenvalue weighted by atomic mass is 10.3. The summed E-state index contributed by atoms with van der Waals surface area (Å²) < 4.78 is 18.2. The van der Waals surface area contributed by atoms with E-state index in [1.54, 1.807) is 6.20 Å². The van der Waals surface area contributed by atoms with E-state index in [0.29, 0.717) is 6.61 Å². The Morgan fingerprint density at radius 1 is 1.13 bits per heavy atom. The molecule has 3 heteroatoms. The highest BCUT2D eigenvalue weighted by Gasteiger charge is 1.97. The van der Waals surface area contributed by atoms with E-state index in [9.17, 15) is 4.39 Å². The number of ether oxygens (including phenoxy) is 1. The van der Waals surface area contributed by atoms with Crippen molar-refractivity contribution in [3.63, 3.8) is 0 Å². The van der Waals surface area contributed by atoms with Gasteiger partial charge in [-0.25, -0.2) is 4.39 Å². The second-order valence-corrected chi connectivity index (χ2v) is 3.11. The van der Waals surface area contributed by atoms with Crippen LogP contribution in [0.2, 0.25) is 0 Å². The summed E-state index contributed by atoms with van der Waals surface area (Å²) in [6.45, 7) is 0.328. The van der Waals surface area contributed by atoms with Gasteiger partial charge in [0, 0.05) is 11.8 Å². The van der Waals surface area contributed by atoms with Gasteiger partial charge < -0.3 is 4.74 Å². The summed E-state index contributed by atoms with van der Waals surface area (Å²) in [5, 5.41) is 0. The number of hydrogen-bond donors (Lipinski definition) is 0. The van der Waals surface area contributed by atoms with Crippen molar-refractivity contribution in [2.24, 2.45) is 0 Å². The third-order valence-electron chi connectivity index (χ3n) is 1.91. The van der Waals surface area contributed by atoms with Crippen LogP contribution in [0.4, 0.5) is 4.39 Å². The fraction of sp³-hybridized carbons (Fsp3) is 0.0833. The van der Waals surface area contributed by atoms with Crippen molar-refractivity contribution >= 4 is 0 Å². The van der Waals surface area contributed by atoms with Gasteiger partial charge in [-0.3, -0.25) is 4.98 Å². The molecule has 0 spiro atoms. The summed E-state index contributed by atoms with van der Waals surface area (Å²) in [4.78, 5) is 3.74. The first-order valence-electron chi connectivity index (χ1n) is 4.62. The van der Waals surface area contributed by atoms with Crippen LogP contribution in [0.25, 0.3) is 0 Å². The lowest BCUT2D eigenvalue weighted by molar-refractivity contribution is 0.305. The maximum Gasteiger partial charge on any atom is 0.141 e. The van der Waals surface area contributed by atoms with Crippen molar-refractivity contribution in [1.82, 2.24) is 4.98 Å². The normalized spacial score (nSPS) is 9.93. The second kappa shape index (κ2) is 4.55. The van der Waals surface area contributed by atoms with Crippen LogP contribution >= 0.6 is 0 Å². The van der Waals surface area contributed by atoms with Crippen LogP contribution in [0.1, 0.15) is 5.56 Å². The minimum atomic E-state index is -0.343. The number of aromatic nitrogens is 1.